The zero-order chi connectivity index (χ0) is 36.5. The zero-order valence-electron chi connectivity index (χ0n) is 26.8. The van der Waals surface area contributed by atoms with Gasteiger partial charge in [0.2, 0.25) is 11.7 Å². The Balaban J connectivity index is 1.90. The molecule has 7 nitrogen and oxygen atoms in total. The average molecular weight is 730 g/mol. The van der Waals surface area contributed by atoms with Crippen molar-refractivity contribution in [3.05, 3.63) is 99.5 Å². The van der Waals surface area contributed by atoms with Gasteiger partial charge in [0.1, 0.15) is 12.3 Å². The van der Waals surface area contributed by atoms with E-state index in [0.29, 0.717) is 21.9 Å². The number of ketones is 2. The van der Waals surface area contributed by atoms with E-state index in [4.69, 9.17) is 27.9 Å². The van der Waals surface area contributed by atoms with Gasteiger partial charge in [0, 0.05) is 24.7 Å². The maximum atomic E-state index is 14.9. The van der Waals surface area contributed by atoms with Crippen molar-refractivity contribution in [3.8, 4) is 5.75 Å². The smallest absolute Gasteiger partial charge is 0.405 e. The minimum Gasteiger partial charge on any atom is -0.497 e. The van der Waals surface area contributed by atoms with E-state index in [0.717, 1.165) is 10.9 Å². The molecule has 1 unspecified atom stereocenters. The zero-order valence-corrected chi connectivity index (χ0v) is 28.3. The first-order valence-corrected chi connectivity index (χ1v) is 15.9. The Labute approximate surface area is 290 Å². The van der Waals surface area contributed by atoms with Crippen LogP contribution in [0.2, 0.25) is 10.0 Å². The molecule has 0 aliphatic rings. The van der Waals surface area contributed by atoms with E-state index in [1.165, 1.54) is 21.0 Å². The summed E-state index contributed by atoms with van der Waals surface area (Å²) in [7, 11) is 1.46. The molecule has 0 fully saturated rings. The van der Waals surface area contributed by atoms with Crippen LogP contribution >= 0.6 is 23.2 Å². The number of halogens is 7. The lowest BCUT2D eigenvalue weighted by Crippen LogP contribution is -2.52. The summed E-state index contributed by atoms with van der Waals surface area (Å²) in [5.41, 5.74) is 1.98. The van der Waals surface area contributed by atoms with Gasteiger partial charge in [0.25, 0.3) is 5.91 Å². The number of rotatable bonds is 16. The molecule has 264 valence electrons. The molecule has 0 heterocycles. The monoisotopic (exact) mass is 728 g/mol. The molecule has 0 aliphatic carbocycles. The third-order valence-corrected chi connectivity index (χ3v) is 8.61. The summed E-state index contributed by atoms with van der Waals surface area (Å²) < 4.78 is 72.5. The van der Waals surface area contributed by atoms with Gasteiger partial charge in [-0.1, -0.05) is 85.6 Å². The molecular weight excluding hydrogens is 694 g/mol. The Morgan fingerprint density at radius 2 is 1.45 bits per heavy atom. The summed E-state index contributed by atoms with van der Waals surface area (Å²) >= 11 is 12.4. The normalized spacial score (nSPS) is 13.7. The lowest BCUT2D eigenvalue weighted by Gasteiger charge is -2.26. The number of nitrogens with one attached hydrogen (secondary N) is 2. The Bertz CT molecular complexity index is 1620. The number of amides is 2. The molecule has 49 heavy (non-hydrogen) atoms. The van der Waals surface area contributed by atoms with E-state index in [2.05, 4.69) is 5.32 Å². The third-order valence-electron chi connectivity index (χ3n) is 7.87. The second kappa shape index (κ2) is 17.1. The number of methoxy groups -OCH3 is 1. The minimum absolute atomic E-state index is 0.0984. The summed E-state index contributed by atoms with van der Waals surface area (Å²) in [6.45, 7) is 0.652. The molecule has 3 aromatic rings. The van der Waals surface area contributed by atoms with Crippen LogP contribution in [0.3, 0.4) is 0 Å². The van der Waals surface area contributed by atoms with E-state index < -0.39 is 72.2 Å². The molecule has 0 saturated heterocycles. The molecule has 0 aromatic heterocycles. The van der Waals surface area contributed by atoms with Crippen LogP contribution in [0.25, 0.3) is 0 Å². The first-order valence-electron chi connectivity index (χ1n) is 15.1. The SMILES string of the molecule is COc1ccc(C[C@H](NC(=O)CC(c2ccccc2)c2ccc(Cl)c(Cl)c2)C(=O)C[C@H](C(=O)C(F)(F)C(=O)NCC(F)(F)F)C(C)C)cc1. The van der Waals surface area contributed by atoms with Gasteiger partial charge in [-0.2, -0.15) is 22.0 Å². The standard InChI is InChI=1S/C35H35Cl2F5N2O5/c1-20(2)25(32(47)35(41,42)33(48)43-19-34(38,39)40)17-30(45)29(15-21-9-12-24(49-3)13-10-21)44-31(46)18-26(22-7-5-4-6-8-22)23-11-14-27(36)28(37)16-23/h4-14,16,20,25-26,29H,15,17-19H2,1-3H3,(H,43,48)(H,44,46)/t25-,26?,29-/m0/s1. The van der Waals surface area contributed by atoms with Crippen LogP contribution in [0.1, 0.15) is 49.3 Å². The molecule has 2 N–H and O–H groups in total. The van der Waals surface area contributed by atoms with Crippen LogP contribution < -0.4 is 15.4 Å². The number of hydrogen-bond donors (Lipinski definition) is 2. The fourth-order valence-electron chi connectivity index (χ4n) is 5.15. The Morgan fingerprint density at radius 3 is 2.00 bits per heavy atom. The predicted molar refractivity (Wildman–Crippen MR) is 175 cm³/mol. The fourth-order valence-corrected chi connectivity index (χ4v) is 5.46. The quantitative estimate of drug-likeness (QED) is 0.119. The predicted octanol–water partition coefficient (Wildman–Crippen LogP) is 7.37. The fraction of sp³-hybridized carbons (Fsp3) is 0.371. The highest BCUT2D eigenvalue weighted by Gasteiger charge is 2.51. The molecule has 0 radical (unpaired) electrons. The Kier molecular flexibility index (Phi) is 13.7. The van der Waals surface area contributed by atoms with Gasteiger partial charge in [-0.3, -0.25) is 19.2 Å². The van der Waals surface area contributed by atoms with Crippen LogP contribution in [-0.2, 0) is 25.6 Å². The highest BCUT2D eigenvalue weighted by molar-refractivity contribution is 6.42. The second-order valence-corrected chi connectivity index (χ2v) is 12.6. The molecule has 0 aliphatic heterocycles. The summed E-state index contributed by atoms with van der Waals surface area (Å²) in [5.74, 6) is -13.4. The van der Waals surface area contributed by atoms with E-state index >= 15 is 0 Å². The first-order chi connectivity index (χ1) is 22.9. The Hall–Kier alpha value is -4.03. The molecule has 0 spiro atoms. The van der Waals surface area contributed by atoms with Crippen molar-refractivity contribution in [1.29, 1.82) is 0 Å². The first kappa shape index (κ1) is 39.4. The van der Waals surface area contributed by atoms with Gasteiger partial charge in [-0.15, -0.1) is 0 Å². The summed E-state index contributed by atoms with van der Waals surface area (Å²) in [5, 5.41) is 4.30. The maximum Gasteiger partial charge on any atom is 0.405 e. The van der Waals surface area contributed by atoms with E-state index in [-0.39, 0.29) is 17.9 Å². The molecular formula is C35H35Cl2F5N2O5. The largest absolute Gasteiger partial charge is 0.497 e. The van der Waals surface area contributed by atoms with E-state index in [1.807, 2.05) is 12.1 Å². The molecule has 2 amide bonds. The molecule has 3 atom stereocenters. The van der Waals surface area contributed by atoms with Gasteiger partial charge < -0.3 is 15.4 Å². The number of alkyl halides is 5. The van der Waals surface area contributed by atoms with Crippen molar-refractivity contribution in [3.63, 3.8) is 0 Å². The van der Waals surface area contributed by atoms with E-state index in [1.54, 1.807) is 60.7 Å². The van der Waals surface area contributed by atoms with E-state index in [9.17, 15) is 41.1 Å². The number of hydrogen-bond acceptors (Lipinski definition) is 5. The third kappa shape index (κ3) is 11.3. The summed E-state index contributed by atoms with van der Waals surface area (Å²) in [6, 6.07) is 19.1. The number of carbonyl (C=O) groups is 4. The number of ether oxygens (including phenoxy) is 1. The maximum absolute atomic E-state index is 14.9. The van der Waals surface area contributed by atoms with Crippen molar-refractivity contribution in [2.24, 2.45) is 11.8 Å². The second-order valence-electron chi connectivity index (χ2n) is 11.8. The summed E-state index contributed by atoms with van der Waals surface area (Å²) in [4.78, 5) is 52.3. The van der Waals surface area contributed by atoms with Gasteiger partial charge >= 0.3 is 12.1 Å². The van der Waals surface area contributed by atoms with Crippen molar-refractivity contribution >= 4 is 46.6 Å². The lowest BCUT2D eigenvalue weighted by atomic mass is 9.82. The number of Topliss-reactive ketones (excluding diaryl/α,β-unsaturated/α-hetero) is 2. The molecule has 0 saturated carbocycles. The number of carbonyl (C=O) groups excluding carboxylic acids is 4. The molecule has 3 aromatic carbocycles. The van der Waals surface area contributed by atoms with Gasteiger partial charge in [-0.05, 0) is 53.3 Å². The van der Waals surface area contributed by atoms with Crippen LogP contribution in [0.4, 0.5) is 22.0 Å². The number of benzene rings is 3. The molecule has 14 heteroatoms. The molecule has 0 bridgehead atoms. The highest BCUT2D eigenvalue weighted by Crippen LogP contribution is 2.33. The minimum atomic E-state index is -4.99. The Morgan fingerprint density at radius 1 is 0.816 bits per heavy atom. The topological polar surface area (TPSA) is 102 Å². The van der Waals surface area contributed by atoms with Crippen LogP contribution in [0, 0.1) is 11.8 Å². The van der Waals surface area contributed by atoms with Crippen molar-refractivity contribution in [2.45, 2.75) is 57.2 Å². The van der Waals surface area contributed by atoms with Crippen LogP contribution in [-0.4, -0.2) is 55.2 Å². The van der Waals surface area contributed by atoms with Crippen LogP contribution in [0.15, 0.2) is 72.8 Å². The van der Waals surface area contributed by atoms with Crippen molar-refractivity contribution in [2.75, 3.05) is 13.7 Å². The highest BCUT2D eigenvalue weighted by atomic mass is 35.5. The molecule has 3 rings (SSSR count). The van der Waals surface area contributed by atoms with Crippen molar-refractivity contribution in [1.82, 2.24) is 10.6 Å². The lowest BCUT2D eigenvalue weighted by molar-refractivity contribution is -0.167. The average Bonchev–Trinajstić information content (AvgIpc) is 3.05. The summed E-state index contributed by atoms with van der Waals surface area (Å²) in [6.07, 6.45) is -6.08. The van der Waals surface area contributed by atoms with Crippen molar-refractivity contribution < 1.29 is 45.9 Å². The van der Waals surface area contributed by atoms with Gasteiger partial charge in [0.15, 0.2) is 5.78 Å². The van der Waals surface area contributed by atoms with Gasteiger partial charge in [-0.25, -0.2) is 0 Å². The van der Waals surface area contributed by atoms with Crippen LogP contribution in [0.5, 0.6) is 5.75 Å². The van der Waals surface area contributed by atoms with Gasteiger partial charge in [0.05, 0.1) is 23.2 Å².